The lowest BCUT2D eigenvalue weighted by Gasteiger charge is -2.14. The molecule has 3 aromatic heterocycles. The fourth-order valence-corrected chi connectivity index (χ4v) is 11.6. The Balaban J connectivity index is 0.000000206. The number of hydrazine groups is 1. The first-order chi connectivity index (χ1) is 32.5. The van der Waals surface area contributed by atoms with Gasteiger partial charge in [0.15, 0.2) is 0 Å². The Morgan fingerprint density at radius 3 is 1.70 bits per heavy atom. The van der Waals surface area contributed by atoms with Gasteiger partial charge in [-0.05, 0) is 91.0 Å². The van der Waals surface area contributed by atoms with Crippen LogP contribution >= 0.6 is 57.5 Å². The number of nitrogens with two attached hydrogens (primary N) is 2. The summed E-state index contributed by atoms with van der Waals surface area (Å²) < 4.78 is 9.77. The Hall–Kier alpha value is -6.53. The number of para-hydroxylation sites is 5. The van der Waals surface area contributed by atoms with Crippen molar-refractivity contribution in [1.82, 2.24) is 9.13 Å². The number of thioether (sulfide) groups is 2. The second-order valence-corrected chi connectivity index (χ2v) is 19.5. The van der Waals surface area contributed by atoms with Gasteiger partial charge in [0.2, 0.25) is 20.6 Å². The minimum Gasteiger partial charge on any atom is -0.412 e. The number of nitrogen functional groups attached to an aromatic ring is 1. The number of aromatic nitrogens is 3. The second kappa shape index (κ2) is 26.9. The van der Waals surface area contributed by atoms with Gasteiger partial charge < -0.3 is 40.5 Å². The van der Waals surface area contributed by atoms with Crippen LogP contribution in [0.25, 0.3) is 30.6 Å². The zero-order valence-electron chi connectivity index (χ0n) is 39.3. The zero-order chi connectivity index (χ0) is 47.9. The highest BCUT2D eigenvalue weighted by Crippen LogP contribution is 2.43. The molecule has 0 saturated heterocycles. The molecule has 2 aliphatic rings. The van der Waals surface area contributed by atoms with Crippen LogP contribution in [0.4, 0.5) is 16.5 Å². The molecule has 9 N–H and O–H groups in total. The van der Waals surface area contributed by atoms with E-state index >= 15 is 0 Å². The van der Waals surface area contributed by atoms with Crippen LogP contribution in [-0.2, 0) is 25.9 Å². The third-order valence-electron chi connectivity index (χ3n) is 9.88. The summed E-state index contributed by atoms with van der Waals surface area (Å²) in [6.07, 6.45) is 2.43. The van der Waals surface area contributed by atoms with Crippen LogP contribution in [0.1, 0.15) is 20.8 Å². The number of benzene rings is 5. The Morgan fingerprint density at radius 1 is 0.696 bits per heavy atom. The normalized spacial score (nSPS) is 14.7. The predicted octanol–water partition coefficient (Wildman–Crippen LogP) is 7.30. The lowest BCUT2D eigenvalue weighted by Crippen LogP contribution is -2.31. The van der Waals surface area contributed by atoms with E-state index in [4.69, 9.17) is 16.5 Å². The van der Waals surface area contributed by atoms with E-state index in [0.717, 1.165) is 21.0 Å². The molecule has 23 heteroatoms. The van der Waals surface area contributed by atoms with E-state index in [-0.39, 0.29) is 21.9 Å². The minimum absolute atomic E-state index is 0. The first-order valence-electron chi connectivity index (χ1n) is 20.7. The second-order valence-electron chi connectivity index (χ2n) is 14.3. The maximum Gasteiger partial charge on any atom is 0.443 e. The molecule has 69 heavy (non-hydrogen) atoms. The highest BCUT2D eigenvalue weighted by Gasteiger charge is 2.30. The molecule has 2 aliphatic heterocycles. The van der Waals surface area contributed by atoms with Crippen LogP contribution in [0.3, 0.4) is 0 Å². The number of hydrogen-bond acceptors (Lipinski definition) is 16. The number of hydrogen-bond donors (Lipinski definition) is 3. The molecule has 0 spiro atoms. The summed E-state index contributed by atoms with van der Waals surface area (Å²) in [5, 5.41) is 25.8. The molecular weight excluding hydrogens is 971 g/mol. The van der Waals surface area contributed by atoms with E-state index in [2.05, 4.69) is 111 Å². The molecule has 0 bridgehead atoms. The average Bonchev–Trinajstić information content (AvgIpc) is 4.15. The number of thiazole rings is 3. The molecule has 2 unspecified atom stereocenters. The topological polar surface area (TPSA) is 253 Å². The van der Waals surface area contributed by atoms with Crippen molar-refractivity contribution in [1.29, 1.82) is 0 Å². The highest BCUT2D eigenvalue weighted by atomic mass is 32.2. The monoisotopic (exact) mass is 1030 g/mol. The van der Waals surface area contributed by atoms with Crippen LogP contribution in [0.15, 0.2) is 162 Å². The lowest BCUT2D eigenvalue weighted by molar-refractivity contribution is -0.626. The van der Waals surface area contributed by atoms with Gasteiger partial charge >= 0.3 is 11.0 Å². The van der Waals surface area contributed by atoms with Crippen LogP contribution in [-0.4, -0.2) is 68.3 Å². The van der Waals surface area contributed by atoms with E-state index in [1.807, 2.05) is 123 Å². The molecular formula is C46H57N15O3S5+2. The Labute approximate surface area is 420 Å². The van der Waals surface area contributed by atoms with Crippen molar-refractivity contribution < 1.29 is 25.1 Å². The first kappa shape index (κ1) is 55.1. The maximum atomic E-state index is 8.81. The summed E-state index contributed by atoms with van der Waals surface area (Å²) in [6, 6.07) is 41.1. The van der Waals surface area contributed by atoms with Gasteiger partial charge in [0.25, 0.3) is 0 Å². The molecule has 0 saturated carbocycles. The van der Waals surface area contributed by atoms with Gasteiger partial charge in [-0.3, -0.25) is 0 Å². The van der Waals surface area contributed by atoms with Gasteiger partial charge in [0.1, 0.15) is 11.8 Å². The SMILES string of the molecule is CC(N=NC1Sc2ccccc2N1C)=[N+]=NC1Sc2ccccc2N1C.CC=NN=c1sc2ccccc2n1C.CC=O.C[n+]1c(NN)sc2ccccc21.Cn1c(=NN)sc2ccccc21.O.O. The molecule has 10 rings (SSSR count). The molecule has 0 radical (unpaired) electrons. The Bertz CT molecular complexity index is 3220. The molecule has 0 amide bonds. The van der Waals surface area contributed by atoms with Crippen molar-refractivity contribution in [2.45, 2.75) is 41.6 Å². The predicted molar refractivity (Wildman–Crippen MR) is 288 cm³/mol. The molecule has 18 nitrogen and oxygen atoms in total. The van der Waals surface area contributed by atoms with E-state index in [9.17, 15) is 0 Å². The molecule has 0 fully saturated rings. The highest BCUT2D eigenvalue weighted by molar-refractivity contribution is 8.00. The Morgan fingerprint density at radius 2 is 1.17 bits per heavy atom. The van der Waals surface area contributed by atoms with E-state index in [1.165, 1.54) is 58.7 Å². The van der Waals surface area contributed by atoms with E-state index in [1.54, 1.807) is 63.7 Å². The van der Waals surface area contributed by atoms with Crippen molar-refractivity contribution in [2.24, 2.45) is 63.5 Å². The van der Waals surface area contributed by atoms with Gasteiger partial charge in [-0.2, -0.15) is 21.5 Å². The smallest absolute Gasteiger partial charge is 0.412 e. The summed E-state index contributed by atoms with van der Waals surface area (Å²) in [5.74, 6) is 11.1. The van der Waals surface area contributed by atoms with Crippen LogP contribution in [0.2, 0.25) is 0 Å². The Kier molecular flexibility index (Phi) is 21.4. The fraction of sp³-hybridized carbons (Fsp3) is 0.217. The summed E-state index contributed by atoms with van der Waals surface area (Å²) in [5.41, 5.74) is 8.48. The molecule has 0 aliphatic carbocycles. The van der Waals surface area contributed by atoms with Gasteiger partial charge in [-0.15, -0.1) is 5.10 Å². The minimum atomic E-state index is -0.0645. The number of carbonyl (C=O) groups excluding carboxylic acids is 1. The zero-order valence-corrected chi connectivity index (χ0v) is 43.4. The van der Waals surface area contributed by atoms with Crippen molar-refractivity contribution in [2.75, 3.05) is 29.3 Å². The first-order valence-corrected chi connectivity index (χ1v) is 24.9. The van der Waals surface area contributed by atoms with Gasteiger partial charge in [0, 0.05) is 49.3 Å². The van der Waals surface area contributed by atoms with Crippen molar-refractivity contribution >= 4 is 123 Å². The number of anilines is 3. The summed E-state index contributed by atoms with van der Waals surface area (Å²) in [7, 11) is 10.0. The standard InChI is InChI=1S/C18H19N6S2.C10H11N3S.2C8H9N3S.C2H4O.2H2O/c1-12(19-21-17-23(2)13-8-4-6-10-15(13)25-17)20-22-18-24(3)14-9-5-7-11-16(14)26-18;1-3-11-12-10-13(2)8-6-4-5-7-9(8)14-10;2*1-11-6-4-2-3-5-7(6)12-8(11)10-9;1-2-3;;/h4-11,17-18H,1-3H3;3-7H,1-2H3;2*2-5H,9H2,1H3;2H,1H3;2*1H2/q+1;;;;;;/p+1. The molecule has 2 atom stereocenters. The summed E-state index contributed by atoms with van der Waals surface area (Å²) in [4.78, 5) is 21.5. The number of carbonyl (C=O) groups is 1. The largest absolute Gasteiger partial charge is 0.443 e. The number of amidine groups is 1. The van der Waals surface area contributed by atoms with Crippen LogP contribution in [0.5, 0.6) is 0 Å². The number of aryl methyl sites for hydroxylation is 3. The number of aldehydes is 1. The van der Waals surface area contributed by atoms with Crippen LogP contribution < -0.4 is 41.1 Å². The van der Waals surface area contributed by atoms with Crippen molar-refractivity contribution in [3.05, 3.63) is 131 Å². The molecule has 8 aromatic rings. The van der Waals surface area contributed by atoms with Crippen molar-refractivity contribution in [3.8, 4) is 0 Å². The number of nitrogens with zero attached hydrogens (tertiary/aromatic N) is 12. The van der Waals surface area contributed by atoms with Crippen molar-refractivity contribution in [3.63, 3.8) is 0 Å². The number of nitrogens with one attached hydrogen (secondary N) is 1. The number of fused-ring (bicyclic) bond motifs is 5. The quantitative estimate of drug-likeness (QED) is 0.0235. The molecule has 362 valence electrons. The van der Waals surface area contributed by atoms with E-state index < -0.39 is 0 Å². The third kappa shape index (κ3) is 13.6. The van der Waals surface area contributed by atoms with Gasteiger partial charge in [-0.25, -0.2) is 4.57 Å². The number of azo groups is 1. The maximum absolute atomic E-state index is 8.81. The third-order valence-corrected chi connectivity index (χ3v) is 15.7. The van der Waals surface area contributed by atoms with Crippen LogP contribution in [0, 0.1) is 0 Å². The van der Waals surface area contributed by atoms with Gasteiger partial charge in [-0.1, -0.05) is 112 Å². The fourth-order valence-electron chi connectivity index (χ4n) is 6.52. The molecule has 5 aromatic carbocycles. The molecule has 5 heterocycles. The number of rotatable bonds is 4. The average molecular weight is 1030 g/mol. The lowest BCUT2D eigenvalue weighted by atomic mass is 10.3. The van der Waals surface area contributed by atoms with Gasteiger partial charge in [0.05, 0.1) is 55.6 Å². The van der Waals surface area contributed by atoms with E-state index in [0.29, 0.717) is 5.84 Å². The summed E-state index contributed by atoms with van der Waals surface area (Å²) >= 11 is 8.27. The summed E-state index contributed by atoms with van der Waals surface area (Å²) in [6.45, 7) is 5.13.